The van der Waals surface area contributed by atoms with Crippen molar-refractivity contribution in [1.29, 1.82) is 0 Å². The predicted octanol–water partition coefficient (Wildman–Crippen LogP) is 2.45. The van der Waals surface area contributed by atoms with Crippen LogP contribution in [0.4, 0.5) is 5.69 Å². The van der Waals surface area contributed by atoms with Gasteiger partial charge in [0.1, 0.15) is 0 Å². The quantitative estimate of drug-likeness (QED) is 0.876. The van der Waals surface area contributed by atoms with Gasteiger partial charge in [0.05, 0.1) is 20.1 Å². The number of carbonyl (C=O) groups is 2. The first-order chi connectivity index (χ1) is 12.1. The Morgan fingerprint density at radius 2 is 1.92 bits per heavy atom. The van der Waals surface area contributed by atoms with Crippen molar-refractivity contribution < 1.29 is 19.1 Å². The average Bonchev–Trinajstić information content (AvgIpc) is 2.65. The zero-order valence-electron chi connectivity index (χ0n) is 14.2. The lowest BCUT2D eigenvalue weighted by Gasteiger charge is -2.24. The molecule has 1 atom stereocenters. The molecule has 2 amide bonds. The van der Waals surface area contributed by atoms with E-state index in [0.29, 0.717) is 23.7 Å². The van der Waals surface area contributed by atoms with E-state index in [1.54, 1.807) is 26.4 Å². The Morgan fingerprint density at radius 1 is 1.16 bits per heavy atom. The van der Waals surface area contributed by atoms with Crippen LogP contribution in [0, 0.1) is 0 Å². The fourth-order valence-corrected chi connectivity index (χ4v) is 2.95. The third-order valence-corrected chi connectivity index (χ3v) is 4.23. The number of fused-ring (bicyclic) bond motifs is 1. The average molecular weight is 340 g/mol. The fraction of sp³-hybridized carbons (Fsp3) is 0.263. The van der Waals surface area contributed by atoms with Gasteiger partial charge in [-0.05, 0) is 29.3 Å². The summed E-state index contributed by atoms with van der Waals surface area (Å²) in [4.78, 5) is 24.5. The molecular formula is C19H20N2O4. The monoisotopic (exact) mass is 340 g/mol. The molecule has 0 saturated heterocycles. The van der Waals surface area contributed by atoms with Gasteiger partial charge in [0, 0.05) is 18.7 Å². The lowest BCUT2D eigenvalue weighted by molar-refractivity contribution is -0.126. The summed E-state index contributed by atoms with van der Waals surface area (Å²) in [6.45, 7) is 0.347. The summed E-state index contributed by atoms with van der Waals surface area (Å²) < 4.78 is 10.5. The van der Waals surface area contributed by atoms with Crippen molar-refractivity contribution in [3.05, 3.63) is 53.6 Å². The molecule has 0 radical (unpaired) electrons. The zero-order chi connectivity index (χ0) is 17.8. The Bertz CT molecular complexity index is 804. The summed E-state index contributed by atoms with van der Waals surface area (Å²) in [6, 6.07) is 12.9. The lowest BCUT2D eigenvalue weighted by Crippen LogP contribution is -2.34. The molecule has 1 aliphatic heterocycles. The van der Waals surface area contributed by atoms with E-state index in [2.05, 4.69) is 10.6 Å². The lowest BCUT2D eigenvalue weighted by atomic mass is 9.90. The second kappa shape index (κ2) is 7.25. The molecule has 1 heterocycles. The molecule has 0 aromatic heterocycles. The SMILES string of the molecule is COc1ccc(CNC(=O)C2CC(=O)Nc3ccccc32)cc1OC. The van der Waals surface area contributed by atoms with Gasteiger partial charge in [0.15, 0.2) is 11.5 Å². The first-order valence-corrected chi connectivity index (χ1v) is 7.99. The summed E-state index contributed by atoms with van der Waals surface area (Å²) >= 11 is 0. The van der Waals surface area contributed by atoms with Gasteiger partial charge in [0.2, 0.25) is 11.8 Å². The second-order valence-electron chi connectivity index (χ2n) is 5.80. The van der Waals surface area contributed by atoms with Crippen LogP contribution in [0.3, 0.4) is 0 Å². The number of para-hydroxylation sites is 1. The largest absolute Gasteiger partial charge is 0.493 e. The molecule has 6 nitrogen and oxygen atoms in total. The molecule has 2 N–H and O–H groups in total. The van der Waals surface area contributed by atoms with Crippen LogP contribution in [0.2, 0.25) is 0 Å². The molecule has 2 aromatic carbocycles. The van der Waals surface area contributed by atoms with Gasteiger partial charge in [-0.3, -0.25) is 9.59 Å². The van der Waals surface area contributed by atoms with E-state index in [1.807, 2.05) is 30.3 Å². The maximum absolute atomic E-state index is 12.6. The summed E-state index contributed by atoms with van der Waals surface area (Å²) in [5, 5.41) is 5.70. The molecule has 6 heteroatoms. The van der Waals surface area contributed by atoms with Crippen LogP contribution in [0.1, 0.15) is 23.5 Å². The van der Waals surface area contributed by atoms with E-state index in [0.717, 1.165) is 11.1 Å². The minimum Gasteiger partial charge on any atom is -0.493 e. The smallest absolute Gasteiger partial charge is 0.228 e. The van der Waals surface area contributed by atoms with Crippen molar-refractivity contribution in [2.24, 2.45) is 0 Å². The number of carbonyl (C=O) groups excluding carboxylic acids is 2. The fourth-order valence-electron chi connectivity index (χ4n) is 2.95. The van der Waals surface area contributed by atoms with Crippen molar-refractivity contribution in [2.75, 3.05) is 19.5 Å². The maximum atomic E-state index is 12.6. The molecule has 0 saturated carbocycles. The van der Waals surface area contributed by atoms with Gasteiger partial charge in [-0.15, -0.1) is 0 Å². The van der Waals surface area contributed by atoms with Crippen molar-refractivity contribution in [1.82, 2.24) is 5.32 Å². The van der Waals surface area contributed by atoms with Crippen LogP contribution >= 0.6 is 0 Å². The highest BCUT2D eigenvalue weighted by atomic mass is 16.5. The number of hydrogen-bond acceptors (Lipinski definition) is 4. The Morgan fingerprint density at radius 3 is 2.68 bits per heavy atom. The predicted molar refractivity (Wildman–Crippen MR) is 93.8 cm³/mol. The molecule has 0 spiro atoms. The minimum atomic E-state index is -0.481. The Balaban J connectivity index is 1.72. The molecule has 2 aromatic rings. The van der Waals surface area contributed by atoms with E-state index < -0.39 is 5.92 Å². The maximum Gasteiger partial charge on any atom is 0.228 e. The van der Waals surface area contributed by atoms with Crippen molar-refractivity contribution in [3.8, 4) is 11.5 Å². The first kappa shape index (κ1) is 16.8. The Labute approximate surface area is 146 Å². The van der Waals surface area contributed by atoms with Crippen LogP contribution in [0.15, 0.2) is 42.5 Å². The van der Waals surface area contributed by atoms with Gasteiger partial charge < -0.3 is 20.1 Å². The van der Waals surface area contributed by atoms with E-state index >= 15 is 0 Å². The number of amides is 2. The molecule has 1 aliphatic rings. The second-order valence-corrected chi connectivity index (χ2v) is 5.80. The van der Waals surface area contributed by atoms with Gasteiger partial charge in [0.25, 0.3) is 0 Å². The number of rotatable bonds is 5. The highest BCUT2D eigenvalue weighted by Gasteiger charge is 2.30. The van der Waals surface area contributed by atoms with E-state index in [1.165, 1.54) is 0 Å². The number of ether oxygens (including phenoxy) is 2. The number of methoxy groups -OCH3 is 2. The third kappa shape index (κ3) is 3.57. The summed E-state index contributed by atoms with van der Waals surface area (Å²) in [5.74, 6) is 0.444. The van der Waals surface area contributed by atoms with E-state index in [9.17, 15) is 9.59 Å². The van der Waals surface area contributed by atoms with Gasteiger partial charge in [-0.2, -0.15) is 0 Å². The van der Waals surface area contributed by atoms with Crippen LogP contribution < -0.4 is 20.1 Å². The highest BCUT2D eigenvalue weighted by Crippen LogP contribution is 2.32. The molecule has 0 aliphatic carbocycles. The molecule has 3 rings (SSSR count). The number of anilines is 1. The number of nitrogens with one attached hydrogen (secondary N) is 2. The topological polar surface area (TPSA) is 76.7 Å². The summed E-state index contributed by atoms with van der Waals surface area (Å²) in [7, 11) is 3.14. The van der Waals surface area contributed by atoms with Crippen LogP contribution in [-0.4, -0.2) is 26.0 Å². The van der Waals surface area contributed by atoms with E-state index in [-0.39, 0.29) is 18.2 Å². The molecule has 0 fully saturated rings. The van der Waals surface area contributed by atoms with Crippen LogP contribution in [0.25, 0.3) is 0 Å². The van der Waals surface area contributed by atoms with E-state index in [4.69, 9.17) is 9.47 Å². The third-order valence-electron chi connectivity index (χ3n) is 4.23. The molecule has 25 heavy (non-hydrogen) atoms. The minimum absolute atomic E-state index is 0.148. The molecule has 130 valence electrons. The Kier molecular flexibility index (Phi) is 4.88. The molecule has 1 unspecified atom stereocenters. The molecule has 0 bridgehead atoms. The normalized spacial score (nSPS) is 15.8. The van der Waals surface area contributed by atoms with Crippen molar-refractivity contribution in [3.63, 3.8) is 0 Å². The van der Waals surface area contributed by atoms with Gasteiger partial charge in [-0.25, -0.2) is 0 Å². The number of hydrogen-bond donors (Lipinski definition) is 2. The molecular weight excluding hydrogens is 320 g/mol. The van der Waals surface area contributed by atoms with Crippen molar-refractivity contribution in [2.45, 2.75) is 18.9 Å². The van der Waals surface area contributed by atoms with Gasteiger partial charge >= 0.3 is 0 Å². The van der Waals surface area contributed by atoms with Crippen molar-refractivity contribution >= 4 is 17.5 Å². The first-order valence-electron chi connectivity index (χ1n) is 7.99. The van der Waals surface area contributed by atoms with Gasteiger partial charge in [-0.1, -0.05) is 24.3 Å². The van der Waals surface area contributed by atoms with Crippen LogP contribution in [-0.2, 0) is 16.1 Å². The summed E-state index contributed by atoms with van der Waals surface area (Å²) in [6.07, 6.45) is 0.148. The zero-order valence-corrected chi connectivity index (χ0v) is 14.2. The number of benzene rings is 2. The van der Waals surface area contributed by atoms with Crippen LogP contribution in [0.5, 0.6) is 11.5 Å². The standard InChI is InChI=1S/C19H20N2O4/c1-24-16-8-7-12(9-17(16)25-2)11-20-19(23)14-10-18(22)21-15-6-4-3-5-13(14)15/h3-9,14H,10-11H2,1-2H3,(H,20,23)(H,21,22). The Hall–Kier alpha value is -3.02. The highest BCUT2D eigenvalue weighted by molar-refractivity contribution is 6.01. The summed E-state index contributed by atoms with van der Waals surface area (Å²) in [5.41, 5.74) is 2.43.